The molecule has 1 aliphatic carbocycles. The van der Waals surface area contributed by atoms with Crippen LogP contribution in [0.25, 0.3) is 0 Å². The highest BCUT2D eigenvalue weighted by Gasteiger charge is 2.31. The second-order valence-electron chi connectivity index (χ2n) is 7.29. The van der Waals surface area contributed by atoms with Gasteiger partial charge in [0, 0.05) is 23.1 Å². The lowest BCUT2D eigenvalue weighted by atomic mass is 9.81. The zero-order valence-electron chi connectivity index (χ0n) is 14.0. The van der Waals surface area contributed by atoms with E-state index >= 15 is 0 Å². The SMILES string of the molecule is CC(C)(C)NC(=O)C1CCC(C(=O)Nc2cccc(F)c2)CC1. The van der Waals surface area contributed by atoms with Crippen molar-refractivity contribution in [2.24, 2.45) is 11.8 Å². The standard InChI is InChI=1S/C18H25FN2O2/c1-18(2,3)21-17(23)13-9-7-12(8-10-13)16(22)20-15-6-4-5-14(19)11-15/h4-6,11-13H,7-10H2,1-3H3,(H,20,22)(H,21,23). The number of rotatable bonds is 3. The summed E-state index contributed by atoms with van der Waals surface area (Å²) in [6, 6.07) is 5.89. The summed E-state index contributed by atoms with van der Waals surface area (Å²) in [5.74, 6) is -0.526. The van der Waals surface area contributed by atoms with Gasteiger partial charge in [-0.2, -0.15) is 0 Å². The Morgan fingerprint density at radius 2 is 1.61 bits per heavy atom. The Labute approximate surface area is 136 Å². The molecule has 1 fully saturated rings. The smallest absolute Gasteiger partial charge is 0.227 e. The number of nitrogens with one attached hydrogen (secondary N) is 2. The number of hydrogen-bond donors (Lipinski definition) is 2. The molecule has 23 heavy (non-hydrogen) atoms. The normalized spacial score (nSPS) is 21.6. The Morgan fingerprint density at radius 1 is 1.04 bits per heavy atom. The van der Waals surface area contributed by atoms with Crippen molar-refractivity contribution in [2.75, 3.05) is 5.32 Å². The van der Waals surface area contributed by atoms with Crippen LogP contribution in [0, 0.1) is 17.7 Å². The summed E-state index contributed by atoms with van der Waals surface area (Å²) >= 11 is 0. The predicted molar refractivity (Wildman–Crippen MR) is 88.4 cm³/mol. The van der Waals surface area contributed by atoms with Crippen molar-refractivity contribution in [3.8, 4) is 0 Å². The van der Waals surface area contributed by atoms with Crippen LogP contribution in [0.3, 0.4) is 0 Å². The van der Waals surface area contributed by atoms with Crippen molar-refractivity contribution in [2.45, 2.75) is 52.0 Å². The lowest BCUT2D eigenvalue weighted by Gasteiger charge is -2.30. The zero-order chi connectivity index (χ0) is 17.0. The van der Waals surface area contributed by atoms with E-state index in [0.717, 1.165) is 0 Å². The van der Waals surface area contributed by atoms with Gasteiger partial charge < -0.3 is 10.6 Å². The third-order valence-electron chi connectivity index (χ3n) is 4.06. The third-order valence-corrected chi connectivity index (χ3v) is 4.06. The van der Waals surface area contributed by atoms with E-state index in [1.807, 2.05) is 20.8 Å². The Kier molecular flexibility index (Phi) is 5.39. The van der Waals surface area contributed by atoms with E-state index in [-0.39, 0.29) is 35.0 Å². The Balaban J connectivity index is 1.84. The summed E-state index contributed by atoms with van der Waals surface area (Å²) in [6.45, 7) is 5.88. The fourth-order valence-corrected chi connectivity index (χ4v) is 2.90. The molecular weight excluding hydrogens is 295 g/mol. The second-order valence-corrected chi connectivity index (χ2v) is 7.29. The number of carbonyl (C=O) groups is 2. The van der Waals surface area contributed by atoms with Crippen LogP contribution in [0.4, 0.5) is 10.1 Å². The first-order valence-corrected chi connectivity index (χ1v) is 8.13. The van der Waals surface area contributed by atoms with Crippen LogP contribution in [-0.2, 0) is 9.59 Å². The van der Waals surface area contributed by atoms with Crippen molar-refractivity contribution in [1.82, 2.24) is 5.32 Å². The molecule has 0 spiro atoms. The third kappa shape index (κ3) is 5.34. The molecule has 2 amide bonds. The fraction of sp³-hybridized carbons (Fsp3) is 0.556. The van der Waals surface area contributed by atoms with Crippen molar-refractivity contribution < 1.29 is 14.0 Å². The molecule has 0 atom stereocenters. The molecule has 0 heterocycles. The fourth-order valence-electron chi connectivity index (χ4n) is 2.90. The topological polar surface area (TPSA) is 58.2 Å². The first-order chi connectivity index (χ1) is 10.7. The zero-order valence-corrected chi connectivity index (χ0v) is 14.0. The highest BCUT2D eigenvalue weighted by molar-refractivity contribution is 5.92. The molecule has 0 aromatic heterocycles. The number of benzene rings is 1. The maximum atomic E-state index is 13.1. The average molecular weight is 320 g/mol. The highest BCUT2D eigenvalue weighted by Crippen LogP contribution is 2.30. The molecule has 0 radical (unpaired) electrons. The van der Waals surface area contributed by atoms with Crippen molar-refractivity contribution in [1.29, 1.82) is 0 Å². The number of amides is 2. The van der Waals surface area contributed by atoms with Gasteiger partial charge in [0.1, 0.15) is 5.82 Å². The molecule has 0 saturated heterocycles. The molecule has 1 aromatic rings. The number of anilines is 1. The number of halogens is 1. The lowest BCUT2D eigenvalue weighted by Crippen LogP contribution is -2.45. The second kappa shape index (κ2) is 7.11. The van der Waals surface area contributed by atoms with Gasteiger partial charge in [-0.25, -0.2) is 4.39 Å². The summed E-state index contributed by atoms with van der Waals surface area (Å²) < 4.78 is 13.1. The Morgan fingerprint density at radius 3 is 2.13 bits per heavy atom. The molecule has 4 nitrogen and oxygen atoms in total. The van der Waals surface area contributed by atoms with E-state index in [4.69, 9.17) is 0 Å². The first kappa shape index (κ1) is 17.4. The molecule has 0 bridgehead atoms. The number of hydrogen-bond acceptors (Lipinski definition) is 2. The van der Waals surface area contributed by atoms with Gasteiger partial charge in [0.05, 0.1) is 0 Å². The van der Waals surface area contributed by atoms with Gasteiger partial charge in [-0.05, 0) is 64.7 Å². The molecular formula is C18H25FN2O2. The predicted octanol–water partition coefficient (Wildman–Crippen LogP) is 3.49. The van der Waals surface area contributed by atoms with Gasteiger partial charge in [0.2, 0.25) is 11.8 Å². The van der Waals surface area contributed by atoms with Crippen LogP contribution in [0.2, 0.25) is 0 Å². The first-order valence-electron chi connectivity index (χ1n) is 8.13. The van der Waals surface area contributed by atoms with Crippen LogP contribution >= 0.6 is 0 Å². The minimum absolute atomic E-state index is 0.0209. The van der Waals surface area contributed by atoms with E-state index < -0.39 is 0 Å². The summed E-state index contributed by atoms with van der Waals surface area (Å²) in [5, 5.41) is 5.75. The largest absolute Gasteiger partial charge is 0.351 e. The lowest BCUT2D eigenvalue weighted by molar-refractivity contribution is -0.129. The molecule has 0 aliphatic heterocycles. The van der Waals surface area contributed by atoms with Crippen molar-refractivity contribution >= 4 is 17.5 Å². The Hall–Kier alpha value is -1.91. The van der Waals surface area contributed by atoms with Crippen molar-refractivity contribution in [3.63, 3.8) is 0 Å². The van der Waals surface area contributed by atoms with Crippen LogP contribution < -0.4 is 10.6 Å². The van der Waals surface area contributed by atoms with Crippen molar-refractivity contribution in [3.05, 3.63) is 30.1 Å². The van der Waals surface area contributed by atoms with E-state index in [2.05, 4.69) is 10.6 Å². The summed E-state index contributed by atoms with van der Waals surface area (Å²) in [6.07, 6.45) is 2.79. The minimum Gasteiger partial charge on any atom is -0.351 e. The maximum absolute atomic E-state index is 13.1. The minimum atomic E-state index is -0.370. The van der Waals surface area contributed by atoms with Gasteiger partial charge in [-0.3, -0.25) is 9.59 Å². The van der Waals surface area contributed by atoms with Gasteiger partial charge in [0.15, 0.2) is 0 Å². The summed E-state index contributed by atoms with van der Waals surface area (Å²) in [5.41, 5.74) is 0.241. The molecule has 126 valence electrons. The number of carbonyl (C=O) groups excluding carboxylic acids is 2. The summed E-state index contributed by atoms with van der Waals surface area (Å²) in [4.78, 5) is 24.4. The molecule has 1 aliphatic rings. The molecule has 0 unspecified atom stereocenters. The molecule has 5 heteroatoms. The maximum Gasteiger partial charge on any atom is 0.227 e. The van der Waals surface area contributed by atoms with Gasteiger partial charge in [-0.15, -0.1) is 0 Å². The van der Waals surface area contributed by atoms with E-state index in [1.54, 1.807) is 12.1 Å². The molecule has 1 aromatic carbocycles. The summed E-state index contributed by atoms with van der Waals surface area (Å²) in [7, 11) is 0. The quantitative estimate of drug-likeness (QED) is 0.896. The van der Waals surface area contributed by atoms with Crippen LogP contribution in [0.5, 0.6) is 0 Å². The molecule has 2 N–H and O–H groups in total. The van der Waals surface area contributed by atoms with Gasteiger partial charge >= 0.3 is 0 Å². The average Bonchev–Trinajstić information content (AvgIpc) is 2.45. The van der Waals surface area contributed by atoms with Crippen LogP contribution in [0.15, 0.2) is 24.3 Å². The van der Waals surface area contributed by atoms with E-state index in [0.29, 0.717) is 31.4 Å². The van der Waals surface area contributed by atoms with Crippen LogP contribution in [-0.4, -0.2) is 17.4 Å². The molecule has 1 saturated carbocycles. The Bertz CT molecular complexity index is 573. The highest BCUT2D eigenvalue weighted by atomic mass is 19.1. The van der Waals surface area contributed by atoms with E-state index in [1.165, 1.54) is 12.1 Å². The van der Waals surface area contributed by atoms with E-state index in [9.17, 15) is 14.0 Å². The van der Waals surface area contributed by atoms with Gasteiger partial charge in [0.25, 0.3) is 0 Å². The monoisotopic (exact) mass is 320 g/mol. The molecule has 2 rings (SSSR count). The van der Waals surface area contributed by atoms with Crippen LogP contribution in [0.1, 0.15) is 46.5 Å². The van der Waals surface area contributed by atoms with Gasteiger partial charge in [-0.1, -0.05) is 6.07 Å².